The van der Waals surface area contributed by atoms with Crippen LogP contribution in [0, 0.1) is 6.92 Å². The summed E-state index contributed by atoms with van der Waals surface area (Å²) in [7, 11) is 0. The van der Waals surface area contributed by atoms with Crippen LogP contribution >= 0.6 is 12.2 Å². The van der Waals surface area contributed by atoms with E-state index >= 15 is 0 Å². The molecule has 0 unspecified atom stereocenters. The molecule has 0 atom stereocenters. The van der Waals surface area contributed by atoms with Crippen molar-refractivity contribution in [3.8, 4) is 0 Å². The molecule has 0 heterocycles. The van der Waals surface area contributed by atoms with Gasteiger partial charge in [0.15, 0.2) is 0 Å². The maximum absolute atomic E-state index is 4.94. The van der Waals surface area contributed by atoms with Crippen LogP contribution in [0.5, 0.6) is 0 Å². The number of hydrogen-bond donors (Lipinski definition) is 0. The smallest absolute Gasteiger partial charge is 0.781 e. The van der Waals surface area contributed by atoms with E-state index in [1.807, 2.05) is 32.0 Å². The van der Waals surface area contributed by atoms with E-state index in [2.05, 4.69) is 24.8 Å². The molecule has 0 saturated carbocycles. The second kappa shape index (κ2) is 11.7. The molecule has 0 N–H and O–H groups in total. The summed E-state index contributed by atoms with van der Waals surface area (Å²) in [6, 6.07) is 5.75. The Bertz CT molecular complexity index is 344. The Hall–Kier alpha value is 0.588. The maximum Gasteiger partial charge on any atom is 3.00 e. The fourth-order valence-corrected chi connectivity index (χ4v) is 1.35. The van der Waals surface area contributed by atoms with Gasteiger partial charge in [-0.25, -0.2) is 0 Å². The first-order chi connectivity index (χ1) is 7.47. The Kier molecular flexibility index (Phi) is 13.7. The molecule has 17 heavy (non-hydrogen) atoms. The number of thiocarbonyl (C=S) groups is 1. The van der Waals surface area contributed by atoms with Crippen LogP contribution in [0.4, 0.5) is 0 Å². The van der Waals surface area contributed by atoms with Crippen LogP contribution in [0.15, 0.2) is 28.0 Å². The van der Waals surface area contributed by atoms with E-state index in [0.717, 1.165) is 16.2 Å². The normalized spacial score (nSPS) is 8.35. The first-order valence-corrected chi connectivity index (χ1v) is 6.39. The van der Waals surface area contributed by atoms with Gasteiger partial charge in [0.2, 0.25) is 0 Å². The van der Waals surface area contributed by atoms with E-state index < -0.39 is 0 Å². The quantitative estimate of drug-likeness (QED) is 0.419. The van der Waals surface area contributed by atoms with Crippen LogP contribution in [-0.2, 0) is 42.6 Å². The van der Waals surface area contributed by atoms with Crippen molar-refractivity contribution < 1.29 is 4.74 Å². The summed E-state index contributed by atoms with van der Waals surface area (Å²) in [6.45, 7) is 4.67. The SMILES string of the molecule is CCCOC(=S)[S-].Cc1ccc([S-])c([S-])c1.[Sb+3]. The van der Waals surface area contributed by atoms with E-state index in [1.165, 1.54) is 5.56 Å². The van der Waals surface area contributed by atoms with Crippen molar-refractivity contribution in [2.45, 2.75) is 30.1 Å². The van der Waals surface area contributed by atoms with Gasteiger partial charge in [-0.05, 0) is 13.3 Å². The van der Waals surface area contributed by atoms with Crippen LogP contribution in [0.3, 0.4) is 0 Å². The first kappa shape index (κ1) is 19.9. The zero-order valence-corrected chi connectivity index (χ0v) is 15.5. The zero-order valence-electron chi connectivity index (χ0n) is 9.63. The molecule has 0 bridgehead atoms. The average molecular weight is 411 g/mol. The summed E-state index contributed by atoms with van der Waals surface area (Å²) in [5, 5.41) is 0. The van der Waals surface area contributed by atoms with Crippen molar-refractivity contribution in [2.24, 2.45) is 0 Å². The van der Waals surface area contributed by atoms with Crippen LogP contribution in [0.25, 0.3) is 0 Å². The fraction of sp³-hybridized carbons (Fsp3) is 0.364. The molecule has 0 amide bonds. The predicted molar refractivity (Wildman–Crippen MR) is 84.4 cm³/mol. The average Bonchev–Trinajstić information content (AvgIpc) is 2.22. The standard InChI is InChI=1S/C7H8S2.C4H8OS2.Sb/c1-5-2-3-6(8)7(9)4-5;1-2-3-5-4(6)7;/h2-4,8-9H,1H3;2-3H2,1H3,(H,6,7);/q;;+3/p-3. The molecule has 6 heteroatoms. The number of benzene rings is 1. The molecule has 0 spiro atoms. The minimum Gasteiger partial charge on any atom is -0.781 e. The molecule has 1 rings (SSSR count). The van der Waals surface area contributed by atoms with Crippen LogP contribution in [0.1, 0.15) is 18.9 Å². The molecule has 0 aromatic heterocycles. The van der Waals surface area contributed by atoms with Crippen LogP contribution in [0.2, 0.25) is 0 Å². The minimum absolute atomic E-state index is 0. The van der Waals surface area contributed by atoms with Gasteiger partial charge in [-0.1, -0.05) is 30.7 Å². The summed E-state index contributed by atoms with van der Waals surface area (Å²) >= 11 is 18.8. The molecule has 92 valence electrons. The molecule has 0 fully saturated rings. The number of ether oxygens (including phenoxy) is 1. The first-order valence-electron chi connectivity index (χ1n) is 4.75. The summed E-state index contributed by atoms with van der Waals surface area (Å²) in [5.41, 5.74) is 1.17. The van der Waals surface area contributed by atoms with Gasteiger partial charge in [0.05, 0.1) is 6.61 Å². The fourth-order valence-electron chi connectivity index (χ4n) is 0.801. The molecule has 2 radical (unpaired) electrons. The zero-order chi connectivity index (χ0) is 12.6. The monoisotopic (exact) mass is 410 g/mol. The van der Waals surface area contributed by atoms with E-state index in [4.69, 9.17) is 30.0 Å². The molecule has 0 aliphatic heterocycles. The van der Waals surface area contributed by atoms with Gasteiger partial charge in [0.25, 0.3) is 0 Å². The summed E-state index contributed by atoms with van der Waals surface area (Å²) < 4.78 is 4.96. The summed E-state index contributed by atoms with van der Waals surface area (Å²) in [5.74, 6) is 0. The Morgan fingerprint density at radius 1 is 1.29 bits per heavy atom. The Morgan fingerprint density at radius 3 is 2.18 bits per heavy atom. The number of aryl methyl sites for hydroxylation is 1. The van der Waals surface area contributed by atoms with Gasteiger partial charge >= 0.3 is 24.4 Å². The molecule has 1 aromatic rings. The van der Waals surface area contributed by atoms with Crippen molar-refractivity contribution in [1.82, 2.24) is 0 Å². The number of rotatable bonds is 2. The molecule has 1 aromatic carbocycles. The van der Waals surface area contributed by atoms with Gasteiger partial charge in [-0.2, -0.15) is 9.79 Å². The topological polar surface area (TPSA) is 9.23 Å². The van der Waals surface area contributed by atoms with Gasteiger partial charge in [-0.15, -0.1) is 0 Å². The van der Waals surface area contributed by atoms with Crippen molar-refractivity contribution in [1.29, 1.82) is 0 Å². The van der Waals surface area contributed by atoms with Crippen molar-refractivity contribution in [3.05, 3.63) is 23.8 Å². The second-order valence-electron chi connectivity index (χ2n) is 3.05. The third-order valence-electron chi connectivity index (χ3n) is 1.52. The van der Waals surface area contributed by atoms with Crippen molar-refractivity contribution >= 4 is 78.9 Å². The molecular weight excluding hydrogens is 398 g/mol. The Morgan fingerprint density at radius 2 is 1.88 bits per heavy atom. The van der Waals surface area contributed by atoms with Gasteiger partial charge in [0.1, 0.15) is 0 Å². The van der Waals surface area contributed by atoms with Gasteiger partial charge in [-0.3, -0.25) is 0 Å². The van der Waals surface area contributed by atoms with Crippen molar-refractivity contribution in [2.75, 3.05) is 6.61 Å². The number of hydrogen-bond acceptors (Lipinski definition) is 5. The van der Waals surface area contributed by atoms with E-state index in [1.54, 1.807) is 0 Å². The Labute approximate surface area is 143 Å². The minimum atomic E-state index is 0. The Balaban J connectivity index is 0. The molecular formula is C11H13OS4Sb. The molecule has 0 aliphatic rings. The van der Waals surface area contributed by atoms with Crippen molar-refractivity contribution in [3.63, 3.8) is 0 Å². The molecule has 0 aliphatic carbocycles. The third kappa shape index (κ3) is 11.4. The predicted octanol–water partition coefficient (Wildman–Crippen LogP) is 2.67. The van der Waals surface area contributed by atoms with Gasteiger partial charge in [0, 0.05) is 4.38 Å². The summed E-state index contributed by atoms with van der Waals surface area (Å²) in [6.07, 6.45) is 0.969. The van der Waals surface area contributed by atoms with E-state index in [9.17, 15) is 0 Å². The van der Waals surface area contributed by atoms with Crippen LogP contribution < -0.4 is 0 Å². The van der Waals surface area contributed by atoms with E-state index in [0.29, 0.717) is 6.61 Å². The maximum atomic E-state index is 4.94. The van der Waals surface area contributed by atoms with Crippen LogP contribution in [-0.4, -0.2) is 35.4 Å². The molecule has 0 saturated heterocycles. The molecule has 1 nitrogen and oxygen atoms in total. The van der Waals surface area contributed by atoms with Gasteiger partial charge < -0.3 is 54.8 Å². The third-order valence-corrected chi connectivity index (χ3v) is 2.58. The second-order valence-corrected chi connectivity index (χ2v) is 4.93. The summed E-state index contributed by atoms with van der Waals surface area (Å²) in [4.78, 5) is 1.56. The largest absolute Gasteiger partial charge is 3.00 e. The van der Waals surface area contributed by atoms with E-state index in [-0.39, 0.29) is 28.8 Å².